The van der Waals surface area contributed by atoms with E-state index < -0.39 is 0 Å². The maximum absolute atomic E-state index is 13.6. The van der Waals surface area contributed by atoms with Crippen LogP contribution in [0, 0.1) is 5.82 Å². The number of halogens is 1. The van der Waals surface area contributed by atoms with Gasteiger partial charge in [0.1, 0.15) is 5.82 Å². The van der Waals surface area contributed by atoms with Gasteiger partial charge in [0.05, 0.1) is 13.2 Å². The largest absolute Gasteiger partial charge is 0.395 e. The van der Waals surface area contributed by atoms with Crippen molar-refractivity contribution >= 4 is 5.91 Å². The number of hydrogen-bond donors (Lipinski definition) is 1. The number of aliphatic hydroxyl groups is 1. The highest BCUT2D eigenvalue weighted by molar-refractivity contribution is 5.78. The molecule has 0 unspecified atom stereocenters. The van der Waals surface area contributed by atoms with Crippen LogP contribution in [0.5, 0.6) is 0 Å². The summed E-state index contributed by atoms with van der Waals surface area (Å²) in [5, 5.41) is 8.92. The molecule has 1 aliphatic heterocycles. The molecule has 6 heteroatoms. The molecule has 0 aromatic heterocycles. The normalized spacial score (nSPS) is 16.7. The zero-order chi connectivity index (χ0) is 15.9. The van der Waals surface area contributed by atoms with Crippen LogP contribution in [-0.4, -0.2) is 78.6 Å². The molecule has 1 amide bonds. The number of carbonyl (C=O) groups excluding carboxylic acids is 1. The Morgan fingerprint density at radius 2 is 1.86 bits per heavy atom. The third-order valence-corrected chi connectivity index (χ3v) is 4.03. The van der Waals surface area contributed by atoms with Gasteiger partial charge in [-0.1, -0.05) is 18.2 Å². The summed E-state index contributed by atoms with van der Waals surface area (Å²) in [5.74, 6) is -0.279. The first-order valence-electron chi connectivity index (χ1n) is 7.63. The van der Waals surface area contributed by atoms with Crippen LogP contribution >= 0.6 is 0 Å². The molecule has 1 aromatic rings. The maximum Gasteiger partial charge on any atom is 0.236 e. The fraction of sp³-hybridized carbons (Fsp3) is 0.562. The van der Waals surface area contributed by atoms with E-state index in [1.807, 2.05) is 0 Å². The van der Waals surface area contributed by atoms with E-state index in [2.05, 4.69) is 9.80 Å². The van der Waals surface area contributed by atoms with Crippen molar-refractivity contribution in [2.24, 2.45) is 0 Å². The lowest BCUT2D eigenvalue weighted by Crippen LogP contribution is -2.50. The van der Waals surface area contributed by atoms with Gasteiger partial charge >= 0.3 is 0 Å². The summed E-state index contributed by atoms with van der Waals surface area (Å²) in [6.07, 6.45) is 0. The molecule has 1 aromatic carbocycles. The monoisotopic (exact) mass is 309 g/mol. The van der Waals surface area contributed by atoms with Crippen LogP contribution in [-0.2, 0) is 11.3 Å². The van der Waals surface area contributed by atoms with Gasteiger partial charge in [0.2, 0.25) is 5.91 Å². The summed E-state index contributed by atoms with van der Waals surface area (Å²) in [4.78, 5) is 18.1. The number of β-amino-alcohol motifs (C(OH)–C–C–N with tert-alkyl or cyclic N) is 1. The second-order valence-electron chi connectivity index (χ2n) is 5.68. The van der Waals surface area contributed by atoms with E-state index in [1.54, 1.807) is 30.1 Å². The first-order chi connectivity index (χ1) is 10.6. The lowest BCUT2D eigenvalue weighted by Gasteiger charge is -2.34. The van der Waals surface area contributed by atoms with E-state index >= 15 is 0 Å². The molecule has 0 saturated carbocycles. The quantitative estimate of drug-likeness (QED) is 0.826. The Hall–Kier alpha value is -1.50. The van der Waals surface area contributed by atoms with Gasteiger partial charge in [0.25, 0.3) is 0 Å². The molecule has 2 rings (SSSR count). The first-order valence-corrected chi connectivity index (χ1v) is 7.63. The summed E-state index contributed by atoms with van der Waals surface area (Å²) in [5.41, 5.74) is 0.533. The highest BCUT2D eigenvalue weighted by atomic mass is 19.1. The minimum absolute atomic E-state index is 0.00105. The molecular formula is C16H24FN3O2. The second-order valence-corrected chi connectivity index (χ2v) is 5.68. The number of benzene rings is 1. The molecule has 0 atom stereocenters. The van der Waals surface area contributed by atoms with Gasteiger partial charge < -0.3 is 10.0 Å². The second kappa shape index (κ2) is 8.22. The summed E-state index contributed by atoms with van der Waals surface area (Å²) in [6.45, 7) is 4.88. The predicted molar refractivity (Wildman–Crippen MR) is 82.8 cm³/mol. The maximum atomic E-state index is 13.6. The predicted octanol–water partition coefficient (Wildman–Crippen LogP) is 0.394. The average molecular weight is 309 g/mol. The molecule has 1 saturated heterocycles. The Labute approximate surface area is 130 Å². The molecule has 5 nitrogen and oxygen atoms in total. The van der Waals surface area contributed by atoms with Crippen LogP contribution in [0.2, 0.25) is 0 Å². The highest BCUT2D eigenvalue weighted by Crippen LogP contribution is 2.09. The van der Waals surface area contributed by atoms with Crippen LogP contribution < -0.4 is 0 Å². The molecule has 0 bridgehead atoms. The van der Waals surface area contributed by atoms with Crippen molar-refractivity contribution in [3.8, 4) is 0 Å². The average Bonchev–Trinajstić information content (AvgIpc) is 2.51. The number of aliphatic hydroxyl groups excluding tert-OH is 1. The Kier molecular flexibility index (Phi) is 6.30. The van der Waals surface area contributed by atoms with Gasteiger partial charge in [-0.05, 0) is 6.07 Å². The van der Waals surface area contributed by atoms with Crippen molar-refractivity contribution in [3.05, 3.63) is 35.6 Å². The third kappa shape index (κ3) is 4.76. The van der Waals surface area contributed by atoms with E-state index in [0.717, 1.165) is 26.2 Å². The number of nitrogens with zero attached hydrogens (tertiary/aromatic N) is 3. The standard InChI is InChI=1S/C16H24FN3O2/c1-18(12-14-4-2-3-5-15(14)17)16(22)13-20-8-6-19(7-9-20)10-11-21/h2-5,21H,6-13H2,1H3. The molecule has 122 valence electrons. The zero-order valence-corrected chi connectivity index (χ0v) is 13.0. The van der Waals surface area contributed by atoms with Crippen molar-refractivity contribution in [1.82, 2.24) is 14.7 Å². The molecule has 0 radical (unpaired) electrons. The van der Waals surface area contributed by atoms with Gasteiger partial charge in [-0.25, -0.2) is 4.39 Å². The van der Waals surface area contributed by atoms with Crippen molar-refractivity contribution in [2.45, 2.75) is 6.54 Å². The summed E-state index contributed by atoms with van der Waals surface area (Å²) in [7, 11) is 1.71. The van der Waals surface area contributed by atoms with Crippen molar-refractivity contribution in [2.75, 3.05) is 52.9 Å². The Morgan fingerprint density at radius 3 is 2.50 bits per heavy atom. The number of rotatable bonds is 6. The molecule has 1 aliphatic rings. The van der Waals surface area contributed by atoms with Crippen LogP contribution in [0.25, 0.3) is 0 Å². The minimum Gasteiger partial charge on any atom is -0.395 e. The van der Waals surface area contributed by atoms with Gasteiger partial charge in [-0.2, -0.15) is 0 Å². The lowest BCUT2D eigenvalue weighted by molar-refractivity contribution is -0.132. The molecule has 1 heterocycles. The van der Waals surface area contributed by atoms with Crippen molar-refractivity contribution < 1.29 is 14.3 Å². The molecular weight excluding hydrogens is 285 g/mol. The number of carbonyl (C=O) groups is 1. The minimum atomic E-state index is -0.278. The molecule has 22 heavy (non-hydrogen) atoms. The molecule has 1 fully saturated rings. The fourth-order valence-corrected chi connectivity index (χ4v) is 2.59. The third-order valence-electron chi connectivity index (χ3n) is 4.03. The van der Waals surface area contributed by atoms with Crippen molar-refractivity contribution in [3.63, 3.8) is 0 Å². The highest BCUT2D eigenvalue weighted by Gasteiger charge is 2.20. The topological polar surface area (TPSA) is 47.0 Å². The summed E-state index contributed by atoms with van der Waals surface area (Å²) >= 11 is 0. The van der Waals surface area contributed by atoms with E-state index in [4.69, 9.17) is 5.11 Å². The van der Waals surface area contributed by atoms with Gasteiger partial charge in [0.15, 0.2) is 0 Å². The molecule has 0 spiro atoms. The number of amides is 1. The van der Waals surface area contributed by atoms with Gasteiger partial charge in [-0.3, -0.25) is 14.6 Å². The van der Waals surface area contributed by atoms with E-state index in [1.165, 1.54) is 6.07 Å². The summed E-state index contributed by atoms with van der Waals surface area (Å²) < 4.78 is 13.6. The van der Waals surface area contributed by atoms with E-state index in [-0.39, 0.29) is 24.9 Å². The Balaban J connectivity index is 1.79. The number of likely N-dealkylation sites (N-methyl/N-ethyl adjacent to an activating group) is 1. The van der Waals surface area contributed by atoms with Crippen molar-refractivity contribution in [1.29, 1.82) is 0 Å². The zero-order valence-electron chi connectivity index (χ0n) is 13.0. The van der Waals surface area contributed by atoms with Gasteiger partial charge in [-0.15, -0.1) is 0 Å². The molecule has 1 N–H and O–H groups in total. The van der Waals surface area contributed by atoms with Crippen LogP contribution in [0.1, 0.15) is 5.56 Å². The first kappa shape index (κ1) is 16.9. The van der Waals surface area contributed by atoms with Crippen LogP contribution in [0.4, 0.5) is 4.39 Å². The van der Waals surface area contributed by atoms with E-state index in [0.29, 0.717) is 18.7 Å². The summed E-state index contributed by atoms with van der Waals surface area (Å²) in [6, 6.07) is 6.53. The van der Waals surface area contributed by atoms with Crippen LogP contribution in [0.15, 0.2) is 24.3 Å². The van der Waals surface area contributed by atoms with Gasteiger partial charge in [0, 0.05) is 51.9 Å². The number of hydrogen-bond acceptors (Lipinski definition) is 4. The number of piperazine rings is 1. The van der Waals surface area contributed by atoms with Crippen LogP contribution in [0.3, 0.4) is 0 Å². The SMILES string of the molecule is CN(Cc1ccccc1F)C(=O)CN1CCN(CCO)CC1. The fourth-order valence-electron chi connectivity index (χ4n) is 2.59. The lowest BCUT2D eigenvalue weighted by atomic mass is 10.2. The smallest absolute Gasteiger partial charge is 0.236 e. The Morgan fingerprint density at radius 1 is 1.23 bits per heavy atom. The Bertz CT molecular complexity index is 490. The molecule has 0 aliphatic carbocycles. The van der Waals surface area contributed by atoms with E-state index in [9.17, 15) is 9.18 Å².